The Bertz CT molecular complexity index is 1050. The average Bonchev–Trinajstić information content (AvgIpc) is 3.17. The zero-order chi connectivity index (χ0) is 20.8. The molecule has 1 heterocycles. The van der Waals surface area contributed by atoms with Crippen molar-refractivity contribution in [2.45, 2.75) is 17.6 Å². The van der Waals surface area contributed by atoms with Crippen molar-refractivity contribution < 1.29 is 23.0 Å². The highest BCUT2D eigenvalue weighted by atomic mass is 35.5. The number of esters is 1. The predicted octanol–water partition coefficient (Wildman–Crippen LogP) is 4.67. The summed E-state index contributed by atoms with van der Waals surface area (Å²) in [5, 5.41) is 3.23. The van der Waals surface area contributed by atoms with Crippen molar-refractivity contribution in [1.29, 1.82) is 0 Å². The standard InChI is InChI=1S/C21H18ClNO5S/c1-2-27-21(25)14-4-3-5-16(12-14)23-20(24)19-11-8-17(28-19)13-29(26)18-9-6-15(22)7-10-18/h3-12H,2,13H2,1H3,(H,23,24)/t29-/m1/s1. The number of hydrogen-bond acceptors (Lipinski definition) is 5. The van der Waals surface area contributed by atoms with Crippen LogP contribution in [-0.4, -0.2) is 22.7 Å². The minimum Gasteiger partial charge on any atom is -0.462 e. The van der Waals surface area contributed by atoms with Crippen LogP contribution in [0, 0.1) is 0 Å². The molecule has 0 aliphatic carbocycles. The molecular formula is C21H18ClNO5S. The minimum absolute atomic E-state index is 0.0784. The van der Waals surface area contributed by atoms with E-state index >= 15 is 0 Å². The SMILES string of the molecule is CCOC(=O)c1cccc(NC(=O)c2ccc(C[S@@](=O)c3ccc(Cl)cc3)o2)c1. The normalized spacial score (nSPS) is 11.7. The van der Waals surface area contributed by atoms with Crippen LogP contribution in [0.1, 0.15) is 33.6 Å². The Kier molecular flexibility index (Phi) is 6.85. The second-order valence-corrected chi connectivity index (χ2v) is 7.85. The van der Waals surface area contributed by atoms with E-state index in [-0.39, 0.29) is 18.1 Å². The summed E-state index contributed by atoms with van der Waals surface area (Å²) in [6.45, 7) is 1.99. The number of halogens is 1. The van der Waals surface area contributed by atoms with Crippen molar-refractivity contribution in [2.24, 2.45) is 0 Å². The molecule has 8 heteroatoms. The van der Waals surface area contributed by atoms with Crippen LogP contribution in [0.3, 0.4) is 0 Å². The van der Waals surface area contributed by atoms with E-state index in [4.69, 9.17) is 20.8 Å². The lowest BCUT2D eigenvalue weighted by atomic mass is 10.2. The van der Waals surface area contributed by atoms with Crippen LogP contribution in [0.2, 0.25) is 5.02 Å². The fourth-order valence-corrected chi connectivity index (χ4v) is 3.65. The van der Waals surface area contributed by atoms with E-state index in [0.29, 0.717) is 26.9 Å². The summed E-state index contributed by atoms with van der Waals surface area (Å²) in [4.78, 5) is 24.8. The highest BCUT2D eigenvalue weighted by molar-refractivity contribution is 7.84. The summed E-state index contributed by atoms with van der Waals surface area (Å²) in [5.41, 5.74) is 0.770. The number of anilines is 1. The first-order chi connectivity index (χ1) is 14.0. The fraction of sp³-hybridized carbons (Fsp3) is 0.143. The molecule has 0 aliphatic heterocycles. The third kappa shape index (κ3) is 5.56. The van der Waals surface area contributed by atoms with Crippen molar-refractivity contribution in [1.82, 2.24) is 0 Å². The third-order valence-corrected chi connectivity index (χ3v) is 5.46. The van der Waals surface area contributed by atoms with Gasteiger partial charge in [0.25, 0.3) is 5.91 Å². The lowest BCUT2D eigenvalue weighted by Gasteiger charge is -2.06. The number of amides is 1. The molecule has 0 fully saturated rings. The van der Waals surface area contributed by atoms with Crippen molar-refractivity contribution in [3.63, 3.8) is 0 Å². The smallest absolute Gasteiger partial charge is 0.338 e. The van der Waals surface area contributed by atoms with Gasteiger partial charge < -0.3 is 14.5 Å². The maximum Gasteiger partial charge on any atom is 0.338 e. The van der Waals surface area contributed by atoms with Crippen LogP contribution < -0.4 is 5.32 Å². The Hall–Kier alpha value is -2.90. The van der Waals surface area contributed by atoms with Gasteiger partial charge in [-0.3, -0.25) is 9.00 Å². The first kappa shape index (κ1) is 20.8. The Labute approximate surface area is 175 Å². The van der Waals surface area contributed by atoms with Gasteiger partial charge in [-0.25, -0.2) is 4.79 Å². The van der Waals surface area contributed by atoms with Gasteiger partial charge in [0, 0.05) is 15.6 Å². The van der Waals surface area contributed by atoms with Crippen LogP contribution in [0.5, 0.6) is 0 Å². The molecule has 0 saturated carbocycles. The van der Waals surface area contributed by atoms with E-state index in [1.54, 1.807) is 55.5 Å². The number of carbonyl (C=O) groups excluding carboxylic acids is 2. The second kappa shape index (κ2) is 9.54. The zero-order valence-electron chi connectivity index (χ0n) is 15.5. The summed E-state index contributed by atoms with van der Waals surface area (Å²) in [6.07, 6.45) is 0. The molecule has 29 heavy (non-hydrogen) atoms. The lowest BCUT2D eigenvalue weighted by molar-refractivity contribution is 0.0526. The van der Waals surface area contributed by atoms with Gasteiger partial charge in [-0.1, -0.05) is 17.7 Å². The van der Waals surface area contributed by atoms with Crippen LogP contribution in [0.4, 0.5) is 5.69 Å². The maximum atomic E-state index is 12.4. The third-order valence-electron chi connectivity index (χ3n) is 3.87. The first-order valence-electron chi connectivity index (χ1n) is 8.77. The van der Waals surface area contributed by atoms with Crippen LogP contribution in [0.25, 0.3) is 0 Å². The van der Waals surface area contributed by atoms with E-state index in [9.17, 15) is 13.8 Å². The molecule has 0 spiro atoms. The molecule has 0 aliphatic rings. The largest absolute Gasteiger partial charge is 0.462 e. The maximum absolute atomic E-state index is 12.4. The second-order valence-electron chi connectivity index (χ2n) is 5.97. The van der Waals surface area contributed by atoms with Crippen LogP contribution in [-0.2, 0) is 21.3 Å². The summed E-state index contributed by atoms with van der Waals surface area (Å²) >= 11 is 5.84. The topological polar surface area (TPSA) is 85.6 Å². The minimum atomic E-state index is -1.33. The molecule has 1 N–H and O–H groups in total. The monoisotopic (exact) mass is 431 g/mol. The highest BCUT2D eigenvalue weighted by Crippen LogP contribution is 2.19. The zero-order valence-corrected chi connectivity index (χ0v) is 17.1. The highest BCUT2D eigenvalue weighted by Gasteiger charge is 2.15. The molecule has 3 rings (SSSR count). The van der Waals surface area contributed by atoms with E-state index in [0.717, 1.165) is 0 Å². The van der Waals surface area contributed by atoms with Gasteiger partial charge in [-0.05, 0) is 61.5 Å². The predicted molar refractivity (Wildman–Crippen MR) is 111 cm³/mol. The molecule has 6 nitrogen and oxygen atoms in total. The fourth-order valence-electron chi connectivity index (χ4n) is 2.51. The van der Waals surface area contributed by atoms with E-state index < -0.39 is 22.7 Å². The van der Waals surface area contributed by atoms with Crippen LogP contribution in [0.15, 0.2) is 70.0 Å². The summed E-state index contributed by atoms with van der Waals surface area (Å²) in [5.74, 6) is -0.311. The van der Waals surface area contributed by atoms with Gasteiger partial charge >= 0.3 is 5.97 Å². The Morgan fingerprint density at radius 2 is 1.86 bits per heavy atom. The molecule has 1 atom stereocenters. The van der Waals surface area contributed by atoms with Gasteiger partial charge in [0.15, 0.2) is 5.76 Å². The van der Waals surface area contributed by atoms with Gasteiger partial charge in [-0.2, -0.15) is 0 Å². The quantitative estimate of drug-likeness (QED) is 0.549. The number of benzene rings is 2. The van der Waals surface area contributed by atoms with Gasteiger partial charge in [-0.15, -0.1) is 0 Å². The van der Waals surface area contributed by atoms with Gasteiger partial charge in [0.1, 0.15) is 5.76 Å². The molecule has 1 aromatic heterocycles. The van der Waals surface area contributed by atoms with E-state index in [2.05, 4.69) is 5.32 Å². The van der Waals surface area contributed by atoms with E-state index in [1.807, 2.05) is 0 Å². The van der Waals surface area contributed by atoms with Crippen molar-refractivity contribution >= 4 is 40.0 Å². The average molecular weight is 432 g/mol. The number of ether oxygens (including phenoxy) is 1. The molecule has 0 bridgehead atoms. The van der Waals surface area contributed by atoms with Gasteiger partial charge in [0.05, 0.1) is 28.7 Å². The Morgan fingerprint density at radius 1 is 1.10 bits per heavy atom. The lowest BCUT2D eigenvalue weighted by Crippen LogP contribution is -2.12. The summed E-state index contributed by atoms with van der Waals surface area (Å²) < 4.78 is 22.9. The first-order valence-corrected chi connectivity index (χ1v) is 10.5. The Balaban J connectivity index is 1.65. The number of nitrogens with one attached hydrogen (secondary N) is 1. The van der Waals surface area contributed by atoms with Crippen molar-refractivity contribution in [2.75, 3.05) is 11.9 Å². The molecule has 2 aromatic carbocycles. The molecule has 0 saturated heterocycles. The summed E-state index contributed by atoms with van der Waals surface area (Å²) in [6, 6.07) is 16.2. The van der Waals surface area contributed by atoms with Crippen molar-refractivity contribution in [3.05, 3.63) is 82.8 Å². The van der Waals surface area contributed by atoms with E-state index in [1.165, 1.54) is 12.1 Å². The molecular weight excluding hydrogens is 414 g/mol. The number of carbonyl (C=O) groups is 2. The van der Waals surface area contributed by atoms with Crippen LogP contribution >= 0.6 is 11.6 Å². The van der Waals surface area contributed by atoms with Crippen molar-refractivity contribution in [3.8, 4) is 0 Å². The molecule has 150 valence electrons. The Morgan fingerprint density at radius 3 is 2.59 bits per heavy atom. The molecule has 1 amide bonds. The summed E-state index contributed by atoms with van der Waals surface area (Å²) in [7, 11) is -1.33. The number of rotatable bonds is 7. The molecule has 0 unspecified atom stereocenters. The number of hydrogen-bond donors (Lipinski definition) is 1. The molecule has 0 radical (unpaired) electrons. The number of furan rings is 1. The van der Waals surface area contributed by atoms with Gasteiger partial charge in [0.2, 0.25) is 0 Å². The molecule has 3 aromatic rings.